The molecule has 6 heteroatoms. The van der Waals surface area contributed by atoms with Gasteiger partial charge >= 0.3 is 0 Å². The van der Waals surface area contributed by atoms with Crippen molar-refractivity contribution in [3.05, 3.63) is 56.0 Å². The van der Waals surface area contributed by atoms with Gasteiger partial charge in [0.25, 0.3) is 0 Å². The molecule has 0 radical (unpaired) electrons. The summed E-state index contributed by atoms with van der Waals surface area (Å²) in [6, 6.07) is 9.91. The fourth-order valence-electron chi connectivity index (χ4n) is 3.58. The molecule has 0 atom stereocenters. The molecule has 0 bridgehead atoms. The van der Waals surface area contributed by atoms with Crippen LogP contribution in [0, 0.1) is 0 Å². The van der Waals surface area contributed by atoms with Crippen LogP contribution in [0.1, 0.15) is 49.7 Å². The summed E-state index contributed by atoms with van der Waals surface area (Å²) in [5.74, 6) is 1.45. The van der Waals surface area contributed by atoms with Crippen molar-refractivity contribution in [3.63, 3.8) is 0 Å². The van der Waals surface area contributed by atoms with Crippen LogP contribution in [0.3, 0.4) is 0 Å². The van der Waals surface area contributed by atoms with Crippen molar-refractivity contribution in [2.45, 2.75) is 57.7 Å². The van der Waals surface area contributed by atoms with Crippen molar-refractivity contribution in [2.24, 2.45) is 0 Å². The molecular weight excluding hydrogens is 461 g/mol. The van der Waals surface area contributed by atoms with Gasteiger partial charge in [-0.3, -0.25) is 0 Å². The van der Waals surface area contributed by atoms with E-state index in [-0.39, 0.29) is 0 Å². The standard InChI is InChI=1S/C22H26BrCl2NO2/c1-27-21-11-10-19(23)18(13-26-17-6-4-2-3-5-7-17)22(21)28-14-15-8-9-16(24)12-20(15)25/h8-12,17,26H,2-7,13-14H2,1H3. The van der Waals surface area contributed by atoms with E-state index in [1.54, 1.807) is 13.2 Å². The first kappa shape index (κ1) is 21.8. The highest BCUT2D eigenvalue weighted by atomic mass is 79.9. The van der Waals surface area contributed by atoms with E-state index in [0.717, 1.165) is 27.9 Å². The second-order valence-electron chi connectivity index (χ2n) is 7.15. The molecule has 2 aromatic carbocycles. The number of halogens is 3. The molecule has 2 aromatic rings. The maximum Gasteiger partial charge on any atom is 0.167 e. The maximum absolute atomic E-state index is 6.30. The van der Waals surface area contributed by atoms with Gasteiger partial charge in [0, 0.05) is 38.2 Å². The van der Waals surface area contributed by atoms with Crippen LogP contribution >= 0.6 is 39.1 Å². The van der Waals surface area contributed by atoms with Crippen LogP contribution in [0.5, 0.6) is 11.5 Å². The van der Waals surface area contributed by atoms with Crippen molar-refractivity contribution < 1.29 is 9.47 Å². The highest BCUT2D eigenvalue weighted by Gasteiger charge is 2.18. The van der Waals surface area contributed by atoms with Crippen molar-refractivity contribution >= 4 is 39.1 Å². The second-order valence-corrected chi connectivity index (χ2v) is 8.85. The van der Waals surface area contributed by atoms with Gasteiger partial charge in [0.1, 0.15) is 6.61 Å². The Labute approximate surface area is 185 Å². The molecule has 3 nitrogen and oxygen atoms in total. The molecule has 1 saturated carbocycles. The Balaban J connectivity index is 1.77. The lowest BCUT2D eigenvalue weighted by atomic mass is 10.1. The van der Waals surface area contributed by atoms with Crippen LogP contribution in [0.2, 0.25) is 10.0 Å². The van der Waals surface area contributed by atoms with E-state index < -0.39 is 0 Å². The molecule has 1 fully saturated rings. The second kappa shape index (κ2) is 10.7. The topological polar surface area (TPSA) is 30.5 Å². The van der Waals surface area contributed by atoms with Gasteiger partial charge in [-0.05, 0) is 37.1 Å². The third-order valence-corrected chi connectivity index (χ3v) is 6.53. The summed E-state index contributed by atoms with van der Waals surface area (Å²) in [4.78, 5) is 0. The lowest BCUT2D eigenvalue weighted by Crippen LogP contribution is -2.28. The van der Waals surface area contributed by atoms with Crippen LogP contribution in [0.25, 0.3) is 0 Å². The third kappa shape index (κ3) is 5.79. The third-order valence-electron chi connectivity index (χ3n) is 5.20. The Morgan fingerprint density at radius 3 is 2.50 bits per heavy atom. The van der Waals surface area contributed by atoms with Gasteiger partial charge in [-0.2, -0.15) is 0 Å². The zero-order valence-electron chi connectivity index (χ0n) is 16.1. The Kier molecular flexibility index (Phi) is 8.34. The van der Waals surface area contributed by atoms with E-state index in [4.69, 9.17) is 32.7 Å². The molecule has 0 aliphatic heterocycles. The Morgan fingerprint density at radius 2 is 1.82 bits per heavy atom. The minimum absolute atomic E-state index is 0.346. The SMILES string of the molecule is COc1ccc(Br)c(CNC2CCCCCC2)c1OCc1ccc(Cl)cc1Cl. The Bertz CT molecular complexity index is 792. The van der Waals surface area contributed by atoms with Gasteiger partial charge in [0.2, 0.25) is 0 Å². The number of ether oxygens (including phenoxy) is 2. The van der Waals surface area contributed by atoms with Gasteiger partial charge in [-0.1, -0.05) is 70.9 Å². The van der Waals surface area contributed by atoms with Crippen molar-refractivity contribution in [1.29, 1.82) is 0 Å². The zero-order valence-corrected chi connectivity index (χ0v) is 19.2. The first-order valence-corrected chi connectivity index (χ1v) is 11.3. The predicted octanol–water partition coefficient (Wildman–Crippen LogP) is 7.16. The summed E-state index contributed by atoms with van der Waals surface area (Å²) >= 11 is 16.0. The van der Waals surface area contributed by atoms with Gasteiger partial charge in [-0.15, -0.1) is 0 Å². The van der Waals surface area contributed by atoms with Crippen LogP contribution in [-0.4, -0.2) is 13.2 Å². The minimum Gasteiger partial charge on any atom is -0.493 e. The normalized spacial score (nSPS) is 15.3. The molecule has 0 amide bonds. The lowest BCUT2D eigenvalue weighted by molar-refractivity contribution is 0.279. The molecule has 0 saturated heterocycles. The molecule has 28 heavy (non-hydrogen) atoms. The van der Waals surface area contributed by atoms with Crippen LogP contribution < -0.4 is 14.8 Å². The van der Waals surface area contributed by atoms with Gasteiger partial charge in [0.05, 0.1) is 7.11 Å². The summed E-state index contributed by atoms with van der Waals surface area (Å²) in [7, 11) is 1.66. The van der Waals surface area contributed by atoms with Crippen LogP contribution in [0.15, 0.2) is 34.8 Å². The predicted molar refractivity (Wildman–Crippen MR) is 120 cm³/mol. The molecule has 0 heterocycles. The molecule has 0 unspecified atom stereocenters. The van der Waals surface area contributed by atoms with E-state index >= 15 is 0 Å². The highest BCUT2D eigenvalue weighted by molar-refractivity contribution is 9.10. The minimum atomic E-state index is 0.346. The first-order chi connectivity index (χ1) is 13.6. The van der Waals surface area contributed by atoms with Gasteiger partial charge in [-0.25, -0.2) is 0 Å². The highest BCUT2D eigenvalue weighted by Crippen LogP contribution is 2.37. The van der Waals surface area contributed by atoms with Crippen molar-refractivity contribution in [1.82, 2.24) is 5.32 Å². The van der Waals surface area contributed by atoms with Gasteiger partial charge < -0.3 is 14.8 Å². The fraction of sp³-hybridized carbons (Fsp3) is 0.455. The number of hydrogen-bond acceptors (Lipinski definition) is 3. The first-order valence-electron chi connectivity index (χ1n) is 9.74. The van der Waals surface area contributed by atoms with Crippen LogP contribution in [-0.2, 0) is 13.2 Å². The Hall–Kier alpha value is -0.940. The number of nitrogens with one attached hydrogen (secondary N) is 1. The molecule has 3 rings (SSSR count). The molecule has 1 aliphatic rings. The number of rotatable bonds is 7. The zero-order chi connectivity index (χ0) is 19.9. The van der Waals surface area contributed by atoms with E-state index in [0.29, 0.717) is 28.4 Å². The number of methoxy groups -OCH3 is 1. The lowest BCUT2D eigenvalue weighted by Gasteiger charge is -2.20. The average Bonchev–Trinajstić information content (AvgIpc) is 2.95. The average molecular weight is 487 g/mol. The van der Waals surface area contributed by atoms with Crippen molar-refractivity contribution in [3.8, 4) is 11.5 Å². The fourth-order valence-corrected chi connectivity index (χ4v) is 4.50. The molecule has 0 aromatic heterocycles. The summed E-state index contributed by atoms with van der Waals surface area (Å²) in [5.41, 5.74) is 1.95. The summed E-state index contributed by atoms with van der Waals surface area (Å²) in [5, 5.41) is 4.93. The summed E-state index contributed by atoms with van der Waals surface area (Å²) < 4.78 is 12.8. The Morgan fingerprint density at radius 1 is 1.07 bits per heavy atom. The van der Waals surface area contributed by atoms with Gasteiger partial charge in [0.15, 0.2) is 11.5 Å². The van der Waals surface area contributed by atoms with E-state index in [1.165, 1.54) is 38.5 Å². The van der Waals surface area contributed by atoms with E-state index in [9.17, 15) is 0 Å². The maximum atomic E-state index is 6.30. The number of hydrogen-bond donors (Lipinski definition) is 1. The summed E-state index contributed by atoms with van der Waals surface area (Å²) in [6.45, 7) is 1.07. The van der Waals surface area contributed by atoms with E-state index in [1.807, 2.05) is 24.3 Å². The summed E-state index contributed by atoms with van der Waals surface area (Å²) in [6.07, 6.45) is 7.76. The molecule has 152 valence electrons. The van der Waals surface area contributed by atoms with Crippen molar-refractivity contribution in [2.75, 3.05) is 7.11 Å². The number of benzene rings is 2. The monoisotopic (exact) mass is 485 g/mol. The van der Waals surface area contributed by atoms with E-state index in [2.05, 4.69) is 21.2 Å². The van der Waals surface area contributed by atoms with Crippen LogP contribution in [0.4, 0.5) is 0 Å². The molecule has 1 aliphatic carbocycles. The smallest absolute Gasteiger partial charge is 0.167 e. The largest absolute Gasteiger partial charge is 0.493 e. The molecular formula is C22H26BrCl2NO2. The molecule has 0 spiro atoms. The molecule has 1 N–H and O–H groups in total. The quantitative estimate of drug-likeness (QED) is 0.421.